The second-order valence-corrected chi connectivity index (χ2v) is 4.50. The number of fused-ring (bicyclic) bond motifs is 1. The number of hydrogen-bond donors (Lipinski definition) is 1. The molecule has 0 aliphatic heterocycles. The SMILES string of the molecule is C=Nc1ncnc2[nH]c(C#Cc3cccc(Cl)c3)cc12. The minimum absolute atomic E-state index is 0.544. The number of rotatable bonds is 1. The lowest BCUT2D eigenvalue weighted by Crippen LogP contribution is -1.79. The maximum absolute atomic E-state index is 5.92. The van der Waals surface area contributed by atoms with Gasteiger partial charge in [0.15, 0.2) is 5.82 Å². The highest BCUT2D eigenvalue weighted by molar-refractivity contribution is 6.30. The van der Waals surface area contributed by atoms with Gasteiger partial charge in [-0.3, -0.25) is 0 Å². The third-order valence-corrected chi connectivity index (χ3v) is 2.96. The number of hydrogen-bond acceptors (Lipinski definition) is 3. The average Bonchev–Trinajstić information content (AvgIpc) is 2.88. The minimum atomic E-state index is 0.544. The highest BCUT2D eigenvalue weighted by Gasteiger charge is 2.04. The van der Waals surface area contributed by atoms with Crippen LogP contribution in [0.25, 0.3) is 11.0 Å². The Kier molecular flexibility index (Phi) is 3.20. The number of benzene rings is 1. The van der Waals surface area contributed by atoms with Gasteiger partial charge in [-0.25, -0.2) is 15.0 Å². The van der Waals surface area contributed by atoms with E-state index < -0.39 is 0 Å². The smallest absolute Gasteiger partial charge is 0.164 e. The van der Waals surface area contributed by atoms with E-state index >= 15 is 0 Å². The van der Waals surface area contributed by atoms with Gasteiger partial charge in [-0.2, -0.15) is 0 Å². The molecule has 0 radical (unpaired) electrons. The molecule has 0 bridgehead atoms. The van der Waals surface area contributed by atoms with Gasteiger partial charge < -0.3 is 4.98 Å². The molecule has 4 nitrogen and oxygen atoms in total. The molecular weight excluding hydrogens is 272 g/mol. The molecule has 20 heavy (non-hydrogen) atoms. The van der Waals surface area contributed by atoms with Crippen molar-refractivity contribution in [2.75, 3.05) is 0 Å². The van der Waals surface area contributed by atoms with E-state index in [1.165, 1.54) is 6.33 Å². The summed E-state index contributed by atoms with van der Waals surface area (Å²) in [4.78, 5) is 15.1. The summed E-state index contributed by atoms with van der Waals surface area (Å²) in [5, 5.41) is 1.47. The van der Waals surface area contributed by atoms with Crippen LogP contribution in [-0.2, 0) is 0 Å². The Morgan fingerprint density at radius 1 is 1.20 bits per heavy atom. The molecule has 1 aromatic carbocycles. The van der Waals surface area contributed by atoms with E-state index in [-0.39, 0.29) is 0 Å². The van der Waals surface area contributed by atoms with Crippen molar-refractivity contribution in [3.8, 4) is 11.8 Å². The highest BCUT2D eigenvalue weighted by Crippen LogP contribution is 2.21. The van der Waals surface area contributed by atoms with Crippen molar-refractivity contribution in [3.63, 3.8) is 0 Å². The number of aromatic nitrogens is 3. The fourth-order valence-electron chi connectivity index (χ4n) is 1.83. The fraction of sp³-hybridized carbons (Fsp3) is 0. The number of nitrogens with zero attached hydrogens (tertiary/aromatic N) is 3. The zero-order chi connectivity index (χ0) is 13.9. The first kappa shape index (κ1) is 12.4. The van der Waals surface area contributed by atoms with E-state index in [4.69, 9.17) is 11.6 Å². The fourth-order valence-corrected chi connectivity index (χ4v) is 2.02. The molecule has 5 heteroatoms. The number of halogens is 1. The van der Waals surface area contributed by atoms with Crippen LogP contribution in [0.4, 0.5) is 5.82 Å². The van der Waals surface area contributed by atoms with Gasteiger partial charge in [0.05, 0.1) is 11.1 Å². The number of aliphatic imine (C=N–C) groups is 1. The Morgan fingerprint density at radius 2 is 2.10 bits per heavy atom. The molecule has 3 rings (SSSR count). The molecule has 96 valence electrons. The summed E-state index contributed by atoms with van der Waals surface area (Å²) in [6.45, 7) is 3.49. The Morgan fingerprint density at radius 3 is 2.90 bits per heavy atom. The summed E-state index contributed by atoms with van der Waals surface area (Å²) >= 11 is 5.92. The van der Waals surface area contributed by atoms with E-state index in [2.05, 4.69) is 38.5 Å². The number of nitrogens with one attached hydrogen (secondary N) is 1. The van der Waals surface area contributed by atoms with Crippen molar-refractivity contribution >= 4 is 35.2 Å². The molecule has 0 spiro atoms. The maximum Gasteiger partial charge on any atom is 0.164 e. The van der Waals surface area contributed by atoms with Crippen molar-refractivity contribution in [2.24, 2.45) is 4.99 Å². The van der Waals surface area contributed by atoms with E-state index in [0.29, 0.717) is 16.5 Å². The Labute approximate surface area is 120 Å². The van der Waals surface area contributed by atoms with Crippen molar-refractivity contribution in [1.82, 2.24) is 15.0 Å². The van der Waals surface area contributed by atoms with Gasteiger partial charge in [-0.05, 0) is 36.9 Å². The lowest BCUT2D eigenvalue weighted by Gasteiger charge is -1.90. The van der Waals surface area contributed by atoms with Crippen LogP contribution in [-0.4, -0.2) is 21.7 Å². The van der Waals surface area contributed by atoms with Crippen molar-refractivity contribution < 1.29 is 0 Å². The second-order valence-electron chi connectivity index (χ2n) is 4.06. The van der Waals surface area contributed by atoms with Crippen LogP contribution >= 0.6 is 11.6 Å². The molecule has 1 N–H and O–H groups in total. The molecule has 0 aliphatic rings. The summed E-state index contributed by atoms with van der Waals surface area (Å²) < 4.78 is 0. The normalized spacial score (nSPS) is 10.1. The largest absolute Gasteiger partial charge is 0.333 e. The second kappa shape index (κ2) is 5.16. The van der Waals surface area contributed by atoms with Crippen LogP contribution in [0.5, 0.6) is 0 Å². The van der Waals surface area contributed by atoms with Crippen molar-refractivity contribution in [3.05, 3.63) is 52.9 Å². The summed E-state index contributed by atoms with van der Waals surface area (Å²) in [6.07, 6.45) is 1.44. The first-order chi connectivity index (χ1) is 9.76. The van der Waals surface area contributed by atoms with Gasteiger partial charge in [-0.1, -0.05) is 23.6 Å². The lowest BCUT2D eigenvalue weighted by molar-refractivity contribution is 1.18. The molecule has 0 saturated carbocycles. The quantitative estimate of drug-likeness (QED) is 0.549. The van der Waals surface area contributed by atoms with Crippen LogP contribution in [0.3, 0.4) is 0 Å². The third kappa shape index (κ3) is 2.40. The predicted molar refractivity (Wildman–Crippen MR) is 80.5 cm³/mol. The molecule has 0 aliphatic carbocycles. The van der Waals surface area contributed by atoms with Gasteiger partial charge in [-0.15, -0.1) is 0 Å². The molecule has 2 heterocycles. The molecule has 0 amide bonds. The molecular formula is C15H9ClN4. The van der Waals surface area contributed by atoms with Gasteiger partial charge >= 0.3 is 0 Å². The predicted octanol–water partition coefficient (Wildman–Crippen LogP) is 3.34. The Hall–Kier alpha value is -2.64. The van der Waals surface area contributed by atoms with E-state index in [9.17, 15) is 0 Å². The highest BCUT2D eigenvalue weighted by atomic mass is 35.5. The minimum Gasteiger partial charge on any atom is -0.333 e. The summed E-state index contributed by atoms with van der Waals surface area (Å²) in [7, 11) is 0. The summed E-state index contributed by atoms with van der Waals surface area (Å²) in [6, 6.07) is 9.25. The summed E-state index contributed by atoms with van der Waals surface area (Å²) in [5.74, 6) is 6.62. The average molecular weight is 281 g/mol. The van der Waals surface area contributed by atoms with Crippen LogP contribution in [0.15, 0.2) is 41.7 Å². The third-order valence-electron chi connectivity index (χ3n) is 2.72. The molecule has 0 atom stereocenters. The number of H-pyrrole nitrogens is 1. The summed E-state index contributed by atoms with van der Waals surface area (Å²) in [5.41, 5.74) is 2.28. The van der Waals surface area contributed by atoms with Crippen molar-refractivity contribution in [2.45, 2.75) is 0 Å². The van der Waals surface area contributed by atoms with Gasteiger partial charge in [0.25, 0.3) is 0 Å². The van der Waals surface area contributed by atoms with Gasteiger partial charge in [0.1, 0.15) is 12.0 Å². The van der Waals surface area contributed by atoms with E-state index in [0.717, 1.165) is 16.6 Å². The molecule has 3 aromatic rings. The van der Waals surface area contributed by atoms with Gasteiger partial charge in [0.2, 0.25) is 0 Å². The first-order valence-corrected chi connectivity index (χ1v) is 6.22. The van der Waals surface area contributed by atoms with Gasteiger partial charge in [0, 0.05) is 10.6 Å². The van der Waals surface area contributed by atoms with Crippen LogP contribution in [0, 0.1) is 11.8 Å². The molecule has 0 fully saturated rings. The van der Waals surface area contributed by atoms with E-state index in [1.807, 2.05) is 30.3 Å². The first-order valence-electron chi connectivity index (χ1n) is 5.84. The van der Waals surface area contributed by atoms with Crippen LogP contribution in [0.2, 0.25) is 5.02 Å². The Bertz CT molecular complexity index is 855. The lowest BCUT2D eigenvalue weighted by atomic mass is 10.2. The standard InChI is InChI=1S/C15H9ClN4/c1-17-14-13-8-12(20-15(13)19-9-18-14)6-5-10-3-2-4-11(16)7-10/h2-4,7-9H,1H2,(H,18,19,20). The van der Waals surface area contributed by atoms with Crippen LogP contribution < -0.4 is 0 Å². The Balaban J connectivity index is 2.02. The topological polar surface area (TPSA) is 53.9 Å². The number of aromatic amines is 1. The van der Waals surface area contributed by atoms with Crippen LogP contribution in [0.1, 0.15) is 11.3 Å². The molecule has 2 aromatic heterocycles. The molecule has 0 saturated heterocycles. The van der Waals surface area contributed by atoms with E-state index in [1.54, 1.807) is 0 Å². The monoisotopic (exact) mass is 280 g/mol. The molecule has 0 unspecified atom stereocenters. The zero-order valence-electron chi connectivity index (χ0n) is 10.4. The zero-order valence-corrected chi connectivity index (χ0v) is 11.1. The van der Waals surface area contributed by atoms with Crippen molar-refractivity contribution in [1.29, 1.82) is 0 Å². The maximum atomic E-state index is 5.92.